The van der Waals surface area contributed by atoms with Crippen LogP contribution in [0, 0.1) is 0 Å². The molecule has 0 saturated carbocycles. The SMILES string of the molecule is CC(C)OCCNc1cc(C(F)(F)F)nc(NN)n1. The predicted octanol–water partition coefficient (Wildman–Crippen LogP) is 1.62. The lowest BCUT2D eigenvalue weighted by Crippen LogP contribution is -2.18. The zero-order chi connectivity index (χ0) is 14.5. The third-order valence-corrected chi connectivity index (χ3v) is 2.01. The summed E-state index contributed by atoms with van der Waals surface area (Å²) in [4.78, 5) is 7.00. The Hall–Kier alpha value is -1.61. The van der Waals surface area contributed by atoms with E-state index in [0.717, 1.165) is 6.07 Å². The highest BCUT2D eigenvalue weighted by molar-refractivity contribution is 5.42. The van der Waals surface area contributed by atoms with Gasteiger partial charge in [0.1, 0.15) is 5.82 Å². The average Bonchev–Trinajstić information content (AvgIpc) is 2.33. The molecular formula is C10H16F3N5O. The van der Waals surface area contributed by atoms with Gasteiger partial charge in [-0.3, -0.25) is 5.43 Å². The van der Waals surface area contributed by atoms with Gasteiger partial charge in [-0.1, -0.05) is 0 Å². The van der Waals surface area contributed by atoms with E-state index >= 15 is 0 Å². The van der Waals surface area contributed by atoms with E-state index in [1.807, 2.05) is 19.3 Å². The van der Waals surface area contributed by atoms with Crippen molar-refractivity contribution in [3.8, 4) is 0 Å². The molecule has 108 valence electrons. The van der Waals surface area contributed by atoms with E-state index in [0.29, 0.717) is 13.2 Å². The van der Waals surface area contributed by atoms with Crippen molar-refractivity contribution in [2.75, 3.05) is 23.9 Å². The summed E-state index contributed by atoms with van der Waals surface area (Å²) in [5, 5.41) is 2.72. The van der Waals surface area contributed by atoms with Gasteiger partial charge in [-0.25, -0.2) is 10.8 Å². The number of nitrogens with zero attached hydrogens (tertiary/aromatic N) is 2. The molecule has 1 aromatic heterocycles. The van der Waals surface area contributed by atoms with Crippen molar-refractivity contribution in [1.29, 1.82) is 0 Å². The van der Waals surface area contributed by atoms with Crippen LogP contribution in [0.1, 0.15) is 19.5 Å². The van der Waals surface area contributed by atoms with Gasteiger partial charge in [-0.05, 0) is 13.8 Å². The van der Waals surface area contributed by atoms with Crippen molar-refractivity contribution in [2.45, 2.75) is 26.1 Å². The Kier molecular flexibility index (Phi) is 5.31. The van der Waals surface area contributed by atoms with E-state index in [1.165, 1.54) is 0 Å². The van der Waals surface area contributed by atoms with E-state index in [9.17, 15) is 13.2 Å². The van der Waals surface area contributed by atoms with Crippen LogP contribution in [-0.4, -0.2) is 29.2 Å². The Morgan fingerprint density at radius 1 is 1.37 bits per heavy atom. The molecule has 0 spiro atoms. The summed E-state index contributed by atoms with van der Waals surface area (Å²) in [6, 6.07) is 0.816. The highest BCUT2D eigenvalue weighted by atomic mass is 19.4. The molecular weight excluding hydrogens is 263 g/mol. The van der Waals surface area contributed by atoms with Crippen molar-refractivity contribution in [2.24, 2.45) is 5.84 Å². The van der Waals surface area contributed by atoms with Crippen LogP contribution >= 0.6 is 0 Å². The van der Waals surface area contributed by atoms with Crippen LogP contribution in [0.25, 0.3) is 0 Å². The molecule has 4 N–H and O–H groups in total. The standard InChI is InChI=1S/C10H16F3N5O/c1-6(2)19-4-3-15-8-5-7(10(11,12)13)16-9(17-8)18-14/h5-6H,3-4,14H2,1-2H3,(H2,15,16,17,18). The van der Waals surface area contributed by atoms with Gasteiger partial charge in [-0.15, -0.1) is 0 Å². The molecule has 0 radical (unpaired) electrons. The maximum Gasteiger partial charge on any atom is 0.433 e. The highest BCUT2D eigenvalue weighted by Gasteiger charge is 2.33. The molecule has 0 aliphatic heterocycles. The number of halogens is 3. The fourth-order valence-corrected chi connectivity index (χ4v) is 1.22. The lowest BCUT2D eigenvalue weighted by Gasteiger charge is -2.12. The summed E-state index contributed by atoms with van der Waals surface area (Å²) in [5.74, 6) is 4.76. The number of alkyl halides is 3. The maximum absolute atomic E-state index is 12.6. The lowest BCUT2D eigenvalue weighted by atomic mass is 10.3. The van der Waals surface area contributed by atoms with E-state index < -0.39 is 11.9 Å². The smallest absolute Gasteiger partial charge is 0.377 e. The number of rotatable bonds is 6. The van der Waals surface area contributed by atoms with Crippen molar-refractivity contribution in [1.82, 2.24) is 9.97 Å². The second-order valence-electron chi connectivity index (χ2n) is 3.95. The van der Waals surface area contributed by atoms with Crippen molar-refractivity contribution in [3.05, 3.63) is 11.8 Å². The number of anilines is 2. The topological polar surface area (TPSA) is 85.1 Å². The van der Waals surface area contributed by atoms with Crippen LogP contribution in [0.2, 0.25) is 0 Å². The lowest BCUT2D eigenvalue weighted by molar-refractivity contribution is -0.141. The summed E-state index contributed by atoms with van der Waals surface area (Å²) in [6.07, 6.45) is -4.50. The van der Waals surface area contributed by atoms with Crippen molar-refractivity contribution in [3.63, 3.8) is 0 Å². The van der Waals surface area contributed by atoms with Crippen LogP contribution in [0.3, 0.4) is 0 Å². The third-order valence-electron chi connectivity index (χ3n) is 2.01. The Labute approximate surface area is 108 Å². The number of hydrazine groups is 1. The van der Waals surface area contributed by atoms with Gasteiger partial charge in [0, 0.05) is 12.6 Å². The molecule has 0 bridgehead atoms. The van der Waals surface area contributed by atoms with Crippen molar-refractivity contribution >= 4 is 11.8 Å². The van der Waals surface area contributed by atoms with Crippen LogP contribution in [0.15, 0.2) is 6.07 Å². The van der Waals surface area contributed by atoms with E-state index in [-0.39, 0.29) is 17.9 Å². The molecule has 0 fully saturated rings. The first-order valence-corrected chi connectivity index (χ1v) is 5.61. The van der Waals surface area contributed by atoms with E-state index in [1.54, 1.807) is 0 Å². The minimum absolute atomic E-state index is 0.0302. The molecule has 6 nitrogen and oxygen atoms in total. The number of aromatic nitrogens is 2. The molecule has 1 rings (SSSR count). The second-order valence-corrected chi connectivity index (χ2v) is 3.95. The summed E-state index contributed by atoms with van der Waals surface area (Å²) >= 11 is 0. The predicted molar refractivity (Wildman–Crippen MR) is 64.4 cm³/mol. The van der Waals surface area contributed by atoms with Gasteiger partial charge in [0.2, 0.25) is 5.95 Å². The summed E-state index contributed by atoms with van der Waals surface area (Å²) in [5.41, 5.74) is 0.928. The number of nitrogens with one attached hydrogen (secondary N) is 2. The Morgan fingerprint density at radius 2 is 2.05 bits per heavy atom. The fraction of sp³-hybridized carbons (Fsp3) is 0.600. The third kappa shape index (κ3) is 5.26. The highest BCUT2D eigenvalue weighted by Crippen LogP contribution is 2.29. The van der Waals surface area contributed by atoms with Gasteiger partial charge in [-0.2, -0.15) is 18.2 Å². The Bertz CT molecular complexity index is 411. The molecule has 0 aliphatic carbocycles. The summed E-state index contributed by atoms with van der Waals surface area (Å²) < 4.78 is 43.0. The monoisotopic (exact) mass is 279 g/mol. The quantitative estimate of drug-likeness (QED) is 0.417. The van der Waals surface area contributed by atoms with Crippen molar-refractivity contribution < 1.29 is 17.9 Å². The van der Waals surface area contributed by atoms with Gasteiger partial charge in [0.25, 0.3) is 0 Å². The molecule has 9 heteroatoms. The maximum atomic E-state index is 12.6. The normalized spacial score (nSPS) is 11.7. The van der Waals surface area contributed by atoms with Crippen LogP contribution in [-0.2, 0) is 10.9 Å². The van der Waals surface area contributed by atoms with Gasteiger partial charge in [0.05, 0.1) is 12.7 Å². The molecule has 0 aliphatic rings. The zero-order valence-electron chi connectivity index (χ0n) is 10.6. The van der Waals surface area contributed by atoms with E-state index in [4.69, 9.17) is 10.6 Å². The van der Waals surface area contributed by atoms with E-state index in [2.05, 4.69) is 15.3 Å². The minimum atomic E-state index is -4.56. The number of nitrogens with two attached hydrogens (primary N) is 1. The summed E-state index contributed by atoms with van der Waals surface area (Å²) in [7, 11) is 0. The number of ether oxygens (including phenoxy) is 1. The molecule has 0 saturated heterocycles. The first-order chi connectivity index (χ1) is 8.82. The molecule has 19 heavy (non-hydrogen) atoms. The molecule has 1 heterocycles. The fourth-order valence-electron chi connectivity index (χ4n) is 1.22. The molecule has 0 amide bonds. The number of hydrogen-bond donors (Lipinski definition) is 3. The molecule has 1 aromatic rings. The molecule has 0 unspecified atom stereocenters. The van der Waals surface area contributed by atoms with Crippen LogP contribution < -0.4 is 16.6 Å². The van der Waals surface area contributed by atoms with Crippen LogP contribution in [0.4, 0.5) is 24.9 Å². The van der Waals surface area contributed by atoms with Gasteiger partial charge in [0.15, 0.2) is 5.69 Å². The first kappa shape index (κ1) is 15.4. The largest absolute Gasteiger partial charge is 0.433 e. The molecule has 0 aromatic carbocycles. The van der Waals surface area contributed by atoms with Gasteiger partial charge < -0.3 is 10.1 Å². The number of nitrogen functional groups attached to an aromatic ring is 1. The second kappa shape index (κ2) is 6.53. The first-order valence-electron chi connectivity index (χ1n) is 5.61. The zero-order valence-corrected chi connectivity index (χ0v) is 10.6. The number of hydrogen-bond acceptors (Lipinski definition) is 6. The Balaban J connectivity index is 2.72. The van der Waals surface area contributed by atoms with Gasteiger partial charge >= 0.3 is 6.18 Å². The Morgan fingerprint density at radius 3 is 2.58 bits per heavy atom. The summed E-state index contributed by atoms with van der Waals surface area (Å²) in [6.45, 7) is 4.41. The molecule has 0 atom stereocenters. The minimum Gasteiger partial charge on any atom is -0.377 e. The average molecular weight is 279 g/mol. The van der Waals surface area contributed by atoms with Crippen LogP contribution in [0.5, 0.6) is 0 Å².